The zero-order chi connectivity index (χ0) is 4.83. The molecule has 0 unspecified atom stereocenters. The minimum Gasteiger partial charge on any atom is -0.316 e. The first-order valence-corrected chi connectivity index (χ1v) is 2.56. The summed E-state index contributed by atoms with van der Waals surface area (Å²) in [6, 6.07) is 0. The van der Waals surface area contributed by atoms with Crippen molar-refractivity contribution in [3.8, 4) is 0 Å². The lowest BCUT2D eigenvalue weighted by Crippen LogP contribution is -2.14. The van der Waals surface area contributed by atoms with Crippen molar-refractivity contribution in [2.24, 2.45) is 0 Å². The molecule has 0 heterocycles. The molecule has 0 saturated carbocycles. The first-order valence-electron chi connectivity index (χ1n) is 1.93. The summed E-state index contributed by atoms with van der Waals surface area (Å²) in [4.78, 5) is 0. The van der Waals surface area contributed by atoms with E-state index in [0.29, 0.717) is 6.54 Å². The van der Waals surface area contributed by atoms with E-state index < -0.39 is 0 Å². The molecule has 0 aliphatic rings. The topological polar surface area (TPSA) is 12.0 Å². The summed E-state index contributed by atoms with van der Waals surface area (Å²) in [5.41, 5.74) is 0. The highest BCUT2D eigenvalue weighted by atomic mass is 32.1. The Morgan fingerprint density at radius 2 is 2.33 bits per heavy atom. The van der Waals surface area contributed by atoms with Gasteiger partial charge in [-0.2, -0.15) is 12.6 Å². The zero-order valence-electron chi connectivity index (χ0n) is 3.65. The van der Waals surface area contributed by atoms with Gasteiger partial charge in [0.1, 0.15) is 0 Å². The summed E-state index contributed by atoms with van der Waals surface area (Å²) >= 11 is 3.94. The predicted octanol–water partition coefficient (Wildman–Crippen LogP) is 0.217. The molecule has 2 heteroatoms. The summed E-state index contributed by atoms with van der Waals surface area (Å²) in [5.74, 6) is 0.858. The Morgan fingerprint density at radius 1 is 1.67 bits per heavy atom. The van der Waals surface area contributed by atoms with E-state index in [2.05, 4.69) is 17.9 Å². The fraction of sp³-hybridized carbons (Fsp3) is 0.750. The molecule has 1 nitrogen and oxygen atoms in total. The second kappa shape index (κ2) is 5.31. The van der Waals surface area contributed by atoms with Gasteiger partial charge in [0, 0.05) is 12.3 Å². The van der Waals surface area contributed by atoms with Gasteiger partial charge >= 0.3 is 0 Å². The van der Waals surface area contributed by atoms with E-state index in [-0.39, 0.29) is 0 Å². The van der Waals surface area contributed by atoms with Crippen LogP contribution in [0.25, 0.3) is 0 Å². The maximum Gasteiger partial charge on any atom is 0.00398 e. The van der Waals surface area contributed by atoms with E-state index >= 15 is 0 Å². The molecule has 0 aromatic heterocycles. The van der Waals surface area contributed by atoms with Crippen molar-refractivity contribution in [2.75, 3.05) is 18.8 Å². The van der Waals surface area contributed by atoms with Gasteiger partial charge in [-0.15, -0.1) is 0 Å². The third kappa shape index (κ3) is 4.31. The van der Waals surface area contributed by atoms with Gasteiger partial charge in [-0.3, -0.25) is 0 Å². The van der Waals surface area contributed by atoms with Gasteiger partial charge in [0.2, 0.25) is 0 Å². The monoisotopic (exact) mass is 103 g/mol. The third-order valence-electron chi connectivity index (χ3n) is 0.433. The van der Waals surface area contributed by atoms with Crippen LogP contribution in [0.3, 0.4) is 0 Å². The van der Waals surface area contributed by atoms with Crippen LogP contribution >= 0.6 is 12.6 Å². The molecule has 0 aromatic rings. The van der Waals surface area contributed by atoms with Crippen molar-refractivity contribution in [2.45, 2.75) is 0 Å². The van der Waals surface area contributed by atoms with Crippen LogP contribution in [0, 0.1) is 6.92 Å². The standard InChI is InChI=1S/C4H9NS/c1-2-5-3-4-6/h1,5-6H,2-4H2. The quantitative estimate of drug-likeness (QED) is 0.384. The number of thiol groups is 1. The van der Waals surface area contributed by atoms with E-state index in [0.717, 1.165) is 12.3 Å². The van der Waals surface area contributed by atoms with Gasteiger partial charge in [-0.25, -0.2) is 0 Å². The Balaban J connectivity index is 2.34. The Labute approximate surface area is 44.5 Å². The average molecular weight is 103 g/mol. The van der Waals surface area contributed by atoms with Gasteiger partial charge in [0.05, 0.1) is 0 Å². The van der Waals surface area contributed by atoms with Crippen molar-refractivity contribution in [1.82, 2.24) is 5.32 Å². The summed E-state index contributed by atoms with van der Waals surface area (Å²) in [5, 5.41) is 2.90. The van der Waals surface area contributed by atoms with E-state index in [1.165, 1.54) is 0 Å². The number of nitrogens with one attached hydrogen (secondary N) is 1. The molecule has 1 N–H and O–H groups in total. The molecular formula is C4H9NS. The lowest BCUT2D eigenvalue weighted by Gasteiger charge is -1.91. The highest BCUT2D eigenvalue weighted by molar-refractivity contribution is 7.80. The zero-order valence-corrected chi connectivity index (χ0v) is 4.54. The lowest BCUT2D eigenvalue weighted by atomic mass is 10.7. The summed E-state index contributed by atoms with van der Waals surface area (Å²) in [7, 11) is 0. The minimum absolute atomic E-state index is 0.556. The van der Waals surface area contributed by atoms with Crippen LogP contribution in [0.15, 0.2) is 0 Å². The fourth-order valence-electron chi connectivity index (χ4n) is 0.181. The fourth-order valence-corrected chi connectivity index (χ4v) is 0.339. The van der Waals surface area contributed by atoms with Crippen LogP contribution in [-0.4, -0.2) is 18.8 Å². The van der Waals surface area contributed by atoms with Crippen LogP contribution in [0.5, 0.6) is 0 Å². The molecule has 36 valence electrons. The van der Waals surface area contributed by atoms with Crippen LogP contribution in [-0.2, 0) is 0 Å². The molecule has 6 heavy (non-hydrogen) atoms. The molecular weight excluding hydrogens is 94.1 g/mol. The van der Waals surface area contributed by atoms with Crippen molar-refractivity contribution >= 4 is 12.6 Å². The highest BCUT2D eigenvalue weighted by Crippen LogP contribution is 1.65. The molecule has 0 fully saturated rings. The average Bonchev–Trinajstić information content (AvgIpc) is 1.61. The van der Waals surface area contributed by atoms with Crippen molar-refractivity contribution in [3.63, 3.8) is 0 Å². The first kappa shape index (κ1) is 6.31. The molecule has 2 radical (unpaired) electrons. The maximum absolute atomic E-state index is 5.07. The second-order valence-corrected chi connectivity index (χ2v) is 1.37. The van der Waals surface area contributed by atoms with Gasteiger partial charge in [0.15, 0.2) is 0 Å². The SMILES string of the molecule is [CH]CNCCS. The summed E-state index contributed by atoms with van der Waals surface area (Å²) in [6.07, 6.45) is 0. The van der Waals surface area contributed by atoms with Crippen LogP contribution in [0.2, 0.25) is 0 Å². The molecule has 0 spiro atoms. The first-order chi connectivity index (χ1) is 2.91. The molecule has 0 saturated heterocycles. The van der Waals surface area contributed by atoms with Crippen LogP contribution < -0.4 is 5.32 Å². The van der Waals surface area contributed by atoms with Crippen molar-refractivity contribution in [3.05, 3.63) is 6.92 Å². The Hall–Kier alpha value is 0.310. The number of rotatable bonds is 3. The summed E-state index contributed by atoms with van der Waals surface area (Å²) in [6.45, 7) is 6.53. The van der Waals surface area contributed by atoms with Crippen LogP contribution in [0.4, 0.5) is 0 Å². The molecule has 0 amide bonds. The van der Waals surface area contributed by atoms with E-state index in [4.69, 9.17) is 6.92 Å². The Morgan fingerprint density at radius 3 is 2.50 bits per heavy atom. The Bertz CT molecular complexity index is 19.5. The molecule has 0 bridgehead atoms. The number of hydrogen-bond acceptors (Lipinski definition) is 2. The number of hydrogen-bond donors (Lipinski definition) is 2. The van der Waals surface area contributed by atoms with Gasteiger partial charge < -0.3 is 5.32 Å². The predicted molar refractivity (Wildman–Crippen MR) is 31.0 cm³/mol. The normalized spacial score (nSPS) is 9.00. The second-order valence-electron chi connectivity index (χ2n) is 0.928. The molecule has 0 aliphatic carbocycles. The van der Waals surface area contributed by atoms with Gasteiger partial charge in [-0.1, -0.05) is 0 Å². The lowest BCUT2D eigenvalue weighted by molar-refractivity contribution is 0.806. The molecule has 0 atom stereocenters. The van der Waals surface area contributed by atoms with Crippen molar-refractivity contribution < 1.29 is 0 Å². The van der Waals surface area contributed by atoms with Crippen molar-refractivity contribution in [1.29, 1.82) is 0 Å². The highest BCUT2D eigenvalue weighted by Gasteiger charge is 1.72. The molecule has 0 rings (SSSR count). The van der Waals surface area contributed by atoms with Gasteiger partial charge in [-0.05, 0) is 13.5 Å². The van der Waals surface area contributed by atoms with E-state index in [9.17, 15) is 0 Å². The third-order valence-corrected chi connectivity index (χ3v) is 0.657. The maximum atomic E-state index is 5.07. The summed E-state index contributed by atoms with van der Waals surface area (Å²) < 4.78 is 0. The molecule has 0 aliphatic heterocycles. The minimum atomic E-state index is 0.556. The Kier molecular flexibility index (Phi) is 5.58. The van der Waals surface area contributed by atoms with E-state index in [1.807, 2.05) is 0 Å². The largest absolute Gasteiger partial charge is 0.316 e. The van der Waals surface area contributed by atoms with E-state index in [1.54, 1.807) is 0 Å². The smallest absolute Gasteiger partial charge is 0.00398 e. The van der Waals surface area contributed by atoms with Crippen LogP contribution in [0.1, 0.15) is 0 Å². The van der Waals surface area contributed by atoms with Gasteiger partial charge in [0.25, 0.3) is 0 Å². The molecule has 0 aromatic carbocycles.